The Morgan fingerprint density at radius 2 is 1.72 bits per heavy atom. The number of benzene rings is 1. The number of esters is 1. The maximum Gasteiger partial charge on any atom is 0.491 e. The van der Waals surface area contributed by atoms with E-state index in [2.05, 4.69) is 4.74 Å². The molecule has 0 saturated carbocycles. The van der Waals surface area contributed by atoms with Crippen molar-refractivity contribution < 1.29 is 23.6 Å². The number of methoxy groups -OCH3 is 1. The van der Waals surface area contributed by atoms with E-state index in [1.807, 2.05) is 45.9 Å². The van der Waals surface area contributed by atoms with Crippen molar-refractivity contribution in [3.05, 3.63) is 35.3 Å². The SMILES string of the molecule is COC(=O)COc1ccc(C=C(CN)B2OC(C)(C)C(C)(C)O2)cc1. The summed E-state index contributed by atoms with van der Waals surface area (Å²) < 4.78 is 22.0. The minimum Gasteiger partial charge on any atom is -0.482 e. The molecule has 0 aromatic heterocycles. The Morgan fingerprint density at radius 3 is 2.20 bits per heavy atom. The first-order valence-corrected chi connectivity index (χ1v) is 8.24. The zero-order chi connectivity index (χ0) is 18.7. The first-order valence-electron chi connectivity index (χ1n) is 8.24. The third-order valence-corrected chi connectivity index (χ3v) is 4.61. The second-order valence-electron chi connectivity index (χ2n) is 6.95. The maximum atomic E-state index is 11.1. The molecule has 1 aromatic carbocycles. The molecule has 2 N–H and O–H groups in total. The van der Waals surface area contributed by atoms with Crippen LogP contribution in [0.3, 0.4) is 0 Å². The van der Waals surface area contributed by atoms with Crippen LogP contribution in [0, 0.1) is 0 Å². The second-order valence-corrected chi connectivity index (χ2v) is 6.95. The van der Waals surface area contributed by atoms with Crippen molar-refractivity contribution in [2.45, 2.75) is 38.9 Å². The van der Waals surface area contributed by atoms with Gasteiger partial charge in [-0.3, -0.25) is 0 Å². The van der Waals surface area contributed by atoms with Gasteiger partial charge < -0.3 is 24.5 Å². The van der Waals surface area contributed by atoms with Gasteiger partial charge in [0.25, 0.3) is 0 Å². The van der Waals surface area contributed by atoms with E-state index in [0.29, 0.717) is 12.3 Å². The van der Waals surface area contributed by atoms with Crippen molar-refractivity contribution >= 4 is 19.2 Å². The normalized spacial score (nSPS) is 19.0. The quantitative estimate of drug-likeness (QED) is 0.628. The third kappa shape index (κ3) is 4.63. The molecular formula is C18H26BNO5. The molecule has 0 aliphatic carbocycles. The second kappa shape index (κ2) is 7.60. The van der Waals surface area contributed by atoms with Crippen LogP contribution in [0.4, 0.5) is 0 Å². The number of ether oxygens (including phenoxy) is 2. The lowest BCUT2D eigenvalue weighted by molar-refractivity contribution is -0.142. The number of nitrogens with two attached hydrogens (primary N) is 1. The lowest BCUT2D eigenvalue weighted by Gasteiger charge is -2.32. The molecule has 1 aliphatic rings. The maximum absolute atomic E-state index is 11.1. The van der Waals surface area contributed by atoms with Crippen molar-refractivity contribution in [2.75, 3.05) is 20.3 Å². The van der Waals surface area contributed by atoms with Crippen LogP contribution in [-0.2, 0) is 18.8 Å². The van der Waals surface area contributed by atoms with Crippen LogP contribution in [-0.4, -0.2) is 44.6 Å². The molecule has 136 valence electrons. The molecule has 0 amide bonds. The van der Waals surface area contributed by atoms with E-state index in [1.165, 1.54) is 7.11 Å². The summed E-state index contributed by atoms with van der Waals surface area (Å²) in [7, 11) is 0.856. The zero-order valence-electron chi connectivity index (χ0n) is 15.5. The Balaban J connectivity index is 2.08. The highest BCUT2D eigenvalue weighted by atomic mass is 16.7. The van der Waals surface area contributed by atoms with Gasteiger partial charge in [-0.1, -0.05) is 18.2 Å². The fourth-order valence-electron chi connectivity index (χ4n) is 2.29. The van der Waals surface area contributed by atoms with Crippen molar-refractivity contribution in [3.63, 3.8) is 0 Å². The van der Waals surface area contributed by atoms with Crippen LogP contribution >= 0.6 is 0 Å². The molecule has 1 heterocycles. The van der Waals surface area contributed by atoms with Gasteiger partial charge in [0.05, 0.1) is 18.3 Å². The largest absolute Gasteiger partial charge is 0.491 e. The van der Waals surface area contributed by atoms with E-state index in [1.54, 1.807) is 12.1 Å². The van der Waals surface area contributed by atoms with E-state index < -0.39 is 24.3 Å². The predicted octanol–water partition coefficient (Wildman–Crippen LogP) is 2.21. The number of hydrogen-bond donors (Lipinski definition) is 1. The molecule has 2 rings (SSSR count). The van der Waals surface area contributed by atoms with Gasteiger partial charge in [0.1, 0.15) is 5.75 Å². The Bertz CT molecular complexity index is 623. The standard InChI is InChI=1S/C18H26BNO5/c1-17(2)18(3,4)25-19(24-17)14(11-20)10-13-6-8-15(9-7-13)23-12-16(21)22-5/h6-10H,11-12,20H2,1-5H3. The van der Waals surface area contributed by atoms with Crippen molar-refractivity contribution in [3.8, 4) is 5.75 Å². The first-order chi connectivity index (χ1) is 11.7. The predicted molar refractivity (Wildman–Crippen MR) is 97.1 cm³/mol. The summed E-state index contributed by atoms with van der Waals surface area (Å²) in [5.41, 5.74) is 6.90. The minimum atomic E-state index is -0.467. The molecule has 1 aliphatic heterocycles. The minimum absolute atomic E-state index is 0.117. The smallest absolute Gasteiger partial charge is 0.482 e. The van der Waals surface area contributed by atoms with Crippen LogP contribution in [0.1, 0.15) is 33.3 Å². The number of hydrogen-bond acceptors (Lipinski definition) is 6. The average Bonchev–Trinajstić information content (AvgIpc) is 2.79. The summed E-state index contributed by atoms with van der Waals surface area (Å²) in [6.45, 7) is 8.25. The number of carbonyl (C=O) groups is 1. The number of carbonyl (C=O) groups excluding carboxylic acids is 1. The Morgan fingerprint density at radius 1 is 1.16 bits per heavy atom. The summed E-state index contributed by atoms with van der Waals surface area (Å²) in [5, 5.41) is 0. The summed E-state index contributed by atoms with van der Waals surface area (Å²) in [4.78, 5) is 11.1. The lowest BCUT2D eigenvalue weighted by atomic mass is 9.77. The van der Waals surface area contributed by atoms with Crippen LogP contribution in [0.25, 0.3) is 6.08 Å². The molecule has 1 aromatic rings. The van der Waals surface area contributed by atoms with E-state index in [-0.39, 0.29) is 6.61 Å². The summed E-state index contributed by atoms with van der Waals surface area (Å²) in [6.07, 6.45) is 1.95. The third-order valence-electron chi connectivity index (χ3n) is 4.61. The fourth-order valence-corrected chi connectivity index (χ4v) is 2.29. The van der Waals surface area contributed by atoms with Crippen molar-refractivity contribution in [1.82, 2.24) is 0 Å². The van der Waals surface area contributed by atoms with Crippen LogP contribution in [0.2, 0.25) is 0 Å². The first kappa shape index (κ1) is 19.5. The van der Waals surface area contributed by atoms with Gasteiger partial charge in [-0.05, 0) is 50.9 Å². The molecule has 1 fully saturated rings. The molecule has 6 nitrogen and oxygen atoms in total. The molecular weight excluding hydrogens is 321 g/mol. The van der Waals surface area contributed by atoms with Gasteiger partial charge in [0, 0.05) is 6.54 Å². The topological polar surface area (TPSA) is 80.0 Å². The van der Waals surface area contributed by atoms with Gasteiger partial charge in [-0.15, -0.1) is 0 Å². The van der Waals surface area contributed by atoms with Crippen LogP contribution in [0.5, 0.6) is 5.75 Å². The number of rotatable bonds is 6. The summed E-state index contributed by atoms with van der Waals surface area (Å²) in [5.74, 6) is 0.169. The molecule has 0 spiro atoms. The summed E-state index contributed by atoms with van der Waals surface area (Å²) in [6, 6.07) is 7.33. The lowest BCUT2D eigenvalue weighted by Crippen LogP contribution is -2.41. The van der Waals surface area contributed by atoms with Gasteiger partial charge in [0.15, 0.2) is 6.61 Å². The Kier molecular flexibility index (Phi) is 5.93. The van der Waals surface area contributed by atoms with Crippen molar-refractivity contribution in [1.29, 1.82) is 0 Å². The van der Waals surface area contributed by atoms with E-state index >= 15 is 0 Å². The Hall–Kier alpha value is -1.83. The zero-order valence-corrected chi connectivity index (χ0v) is 15.5. The van der Waals surface area contributed by atoms with Gasteiger partial charge in [-0.25, -0.2) is 4.79 Å². The van der Waals surface area contributed by atoms with Gasteiger partial charge in [0.2, 0.25) is 0 Å². The highest BCUT2D eigenvalue weighted by Crippen LogP contribution is 2.38. The van der Waals surface area contributed by atoms with Crippen molar-refractivity contribution in [2.24, 2.45) is 5.73 Å². The molecule has 0 radical (unpaired) electrons. The molecule has 1 saturated heterocycles. The average molecular weight is 347 g/mol. The molecule has 7 heteroatoms. The molecule has 0 atom stereocenters. The van der Waals surface area contributed by atoms with E-state index in [0.717, 1.165) is 11.0 Å². The monoisotopic (exact) mass is 347 g/mol. The highest BCUT2D eigenvalue weighted by molar-refractivity contribution is 6.55. The molecule has 0 unspecified atom stereocenters. The molecule has 0 bridgehead atoms. The summed E-state index contributed by atoms with van der Waals surface area (Å²) >= 11 is 0. The fraction of sp³-hybridized carbons (Fsp3) is 0.500. The Labute approximate surface area is 149 Å². The molecule has 25 heavy (non-hydrogen) atoms. The van der Waals surface area contributed by atoms with E-state index in [4.69, 9.17) is 19.8 Å². The highest BCUT2D eigenvalue weighted by Gasteiger charge is 2.52. The van der Waals surface area contributed by atoms with Gasteiger partial charge >= 0.3 is 13.1 Å². The van der Waals surface area contributed by atoms with E-state index in [9.17, 15) is 4.79 Å². The van der Waals surface area contributed by atoms with Gasteiger partial charge in [-0.2, -0.15) is 0 Å². The van der Waals surface area contributed by atoms with Crippen LogP contribution < -0.4 is 10.5 Å². The van der Waals surface area contributed by atoms with Crippen LogP contribution in [0.15, 0.2) is 29.7 Å².